The minimum atomic E-state index is -1.26. The molecular weight excluding hydrogens is 424 g/mol. The largest absolute Gasteiger partial charge is 0.480 e. The van der Waals surface area contributed by atoms with Gasteiger partial charge in [0.25, 0.3) is 0 Å². The summed E-state index contributed by atoms with van der Waals surface area (Å²) in [5.74, 6) is -2.99. The fraction of sp³-hybridized carbons (Fsp3) is 0.500. The van der Waals surface area contributed by atoms with Crippen molar-refractivity contribution in [1.29, 1.82) is 0 Å². The molecule has 1 aromatic rings. The standard InChI is InChI=1S/C20H28N4O6S/c21-13(11-31)17(26)23-15(10-25)19(28)24-8-4-7-16(24)18(27)22-14(20(29)30)9-12-5-2-1-3-6-12/h1-3,5-6,13-16,25,31H,4,7-11,21H2,(H,22,27)(H,23,26)(H,29,30). The molecule has 31 heavy (non-hydrogen) atoms. The molecule has 170 valence electrons. The Hall–Kier alpha value is -2.63. The molecule has 4 atom stereocenters. The van der Waals surface area contributed by atoms with Crippen LogP contribution in [-0.4, -0.2) is 81.9 Å². The van der Waals surface area contributed by atoms with Crippen molar-refractivity contribution in [3.05, 3.63) is 35.9 Å². The van der Waals surface area contributed by atoms with Gasteiger partial charge in [-0.3, -0.25) is 14.4 Å². The molecule has 1 heterocycles. The highest BCUT2D eigenvalue weighted by Gasteiger charge is 2.38. The number of hydrogen-bond donors (Lipinski definition) is 6. The molecule has 0 saturated carbocycles. The summed E-state index contributed by atoms with van der Waals surface area (Å²) in [7, 11) is 0. The summed E-state index contributed by atoms with van der Waals surface area (Å²) in [4.78, 5) is 50.5. The van der Waals surface area contributed by atoms with Crippen molar-refractivity contribution in [1.82, 2.24) is 15.5 Å². The molecule has 6 N–H and O–H groups in total. The molecule has 0 spiro atoms. The Labute approximate surface area is 185 Å². The lowest BCUT2D eigenvalue weighted by Gasteiger charge is -2.29. The normalized spacial score (nSPS) is 18.7. The van der Waals surface area contributed by atoms with Gasteiger partial charge < -0.3 is 31.5 Å². The van der Waals surface area contributed by atoms with Crippen LogP contribution >= 0.6 is 12.6 Å². The van der Waals surface area contributed by atoms with E-state index in [0.717, 1.165) is 5.56 Å². The van der Waals surface area contributed by atoms with Crippen LogP contribution in [0, 0.1) is 0 Å². The maximum atomic E-state index is 12.8. The number of carbonyl (C=O) groups is 4. The molecule has 0 aliphatic carbocycles. The van der Waals surface area contributed by atoms with E-state index in [2.05, 4.69) is 23.3 Å². The molecule has 1 aromatic carbocycles. The third-order valence-electron chi connectivity index (χ3n) is 5.07. The van der Waals surface area contributed by atoms with Gasteiger partial charge in [0, 0.05) is 18.7 Å². The van der Waals surface area contributed by atoms with E-state index in [1.165, 1.54) is 4.90 Å². The monoisotopic (exact) mass is 452 g/mol. The summed E-state index contributed by atoms with van der Waals surface area (Å²) in [6.07, 6.45) is 0.972. The summed E-state index contributed by atoms with van der Waals surface area (Å²) in [6.45, 7) is -0.418. The molecule has 1 fully saturated rings. The van der Waals surface area contributed by atoms with Crippen LogP contribution < -0.4 is 16.4 Å². The minimum Gasteiger partial charge on any atom is -0.480 e. The molecule has 1 aliphatic rings. The predicted octanol–water partition coefficient (Wildman–Crippen LogP) is -1.48. The maximum Gasteiger partial charge on any atom is 0.326 e. The van der Waals surface area contributed by atoms with Gasteiger partial charge in [0.1, 0.15) is 18.1 Å². The minimum absolute atomic E-state index is 0.0604. The number of aliphatic carboxylic acids is 1. The SMILES string of the molecule is NC(CS)C(=O)NC(CO)C(=O)N1CCCC1C(=O)NC(Cc1ccccc1)C(=O)O. The van der Waals surface area contributed by atoms with E-state index in [1.807, 2.05) is 0 Å². The highest BCUT2D eigenvalue weighted by atomic mass is 32.1. The van der Waals surface area contributed by atoms with Crippen molar-refractivity contribution >= 4 is 36.3 Å². The quantitative estimate of drug-likeness (QED) is 0.236. The zero-order valence-corrected chi connectivity index (χ0v) is 17.8. The highest BCUT2D eigenvalue weighted by Crippen LogP contribution is 2.19. The first-order chi connectivity index (χ1) is 14.8. The Balaban J connectivity index is 2.06. The van der Waals surface area contributed by atoms with Crippen molar-refractivity contribution < 1.29 is 29.4 Å². The van der Waals surface area contributed by atoms with Crippen LogP contribution in [0.2, 0.25) is 0 Å². The number of amides is 3. The molecule has 4 unspecified atom stereocenters. The summed E-state index contributed by atoms with van der Waals surface area (Å²) in [6, 6.07) is 4.62. The summed E-state index contributed by atoms with van der Waals surface area (Å²) >= 11 is 3.93. The third kappa shape index (κ3) is 6.68. The number of carboxylic acid groups (broad SMARTS) is 1. The third-order valence-corrected chi connectivity index (χ3v) is 5.46. The molecule has 1 aliphatic heterocycles. The van der Waals surface area contributed by atoms with Gasteiger partial charge in [-0.2, -0.15) is 12.6 Å². The van der Waals surface area contributed by atoms with Crippen molar-refractivity contribution in [3.63, 3.8) is 0 Å². The molecule has 3 amide bonds. The zero-order chi connectivity index (χ0) is 23.0. The summed E-state index contributed by atoms with van der Waals surface area (Å²) in [5, 5.41) is 23.9. The lowest BCUT2D eigenvalue weighted by molar-refractivity contribution is -0.145. The van der Waals surface area contributed by atoms with E-state index in [4.69, 9.17) is 5.73 Å². The molecular formula is C20H28N4O6S. The van der Waals surface area contributed by atoms with Gasteiger partial charge in [0.2, 0.25) is 17.7 Å². The number of benzene rings is 1. The Kier molecular flexibility index (Phi) is 9.28. The number of nitrogens with one attached hydrogen (secondary N) is 2. The zero-order valence-electron chi connectivity index (χ0n) is 16.9. The van der Waals surface area contributed by atoms with Gasteiger partial charge in [0.05, 0.1) is 12.6 Å². The summed E-state index contributed by atoms with van der Waals surface area (Å²) < 4.78 is 0. The second-order valence-electron chi connectivity index (χ2n) is 7.31. The number of likely N-dealkylation sites (tertiary alicyclic amines) is 1. The Morgan fingerprint density at radius 3 is 2.42 bits per heavy atom. The molecule has 11 heteroatoms. The Morgan fingerprint density at radius 2 is 1.84 bits per heavy atom. The van der Waals surface area contributed by atoms with Crippen molar-refractivity contribution in [2.45, 2.75) is 43.4 Å². The van der Waals surface area contributed by atoms with Crippen LogP contribution in [0.5, 0.6) is 0 Å². The molecule has 0 radical (unpaired) electrons. The van der Waals surface area contributed by atoms with Crippen molar-refractivity contribution in [2.24, 2.45) is 5.73 Å². The van der Waals surface area contributed by atoms with Crippen LogP contribution in [-0.2, 0) is 25.6 Å². The second kappa shape index (κ2) is 11.7. The molecule has 10 nitrogen and oxygen atoms in total. The summed E-state index contributed by atoms with van der Waals surface area (Å²) in [5.41, 5.74) is 6.33. The smallest absolute Gasteiger partial charge is 0.326 e. The first kappa shape index (κ1) is 24.6. The van der Waals surface area contributed by atoms with E-state index in [9.17, 15) is 29.4 Å². The highest BCUT2D eigenvalue weighted by molar-refractivity contribution is 7.80. The Bertz CT molecular complexity index is 793. The number of aliphatic hydroxyl groups excluding tert-OH is 1. The maximum absolute atomic E-state index is 12.8. The van der Waals surface area contributed by atoms with Crippen molar-refractivity contribution in [3.8, 4) is 0 Å². The number of aliphatic hydroxyl groups is 1. The number of carboxylic acids is 1. The number of rotatable bonds is 10. The lowest BCUT2D eigenvalue weighted by Crippen LogP contribution is -2.58. The number of thiol groups is 1. The van der Waals surface area contributed by atoms with Gasteiger partial charge in [-0.25, -0.2) is 4.79 Å². The van der Waals surface area contributed by atoms with Gasteiger partial charge in [-0.1, -0.05) is 30.3 Å². The van der Waals surface area contributed by atoms with E-state index in [-0.39, 0.29) is 18.7 Å². The first-order valence-corrected chi connectivity index (χ1v) is 10.6. The van der Waals surface area contributed by atoms with Gasteiger partial charge in [-0.05, 0) is 18.4 Å². The fourth-order valence-electron chi connectivity index (χ4n) is 3.37. The molecule has 2 rings (SSSR count). The predicted molar refractivity (Wildman–Crippen MR) is 115 cm³/mol. The Morgan fingerprint density at radius 1 is 1.16 bits per heavy atom. The van der Waals surface area contributed by atoms with Gasteiger partial charge >= 0.3 is 5.97 Å². The molecule has 1 saturated heterocycles. The van der Waals surface area contributed by atoms with E-state index in [1.54, 1.807) is 30.3 Å². The molecule has 0 aromatic heterocycles. The van der Waals surface area contributed by atoms with Crippen LogP contribution in [0.4, 0.5) is 0 Å². The molecule has 0 bridgehead atoms. The number of hydrogen-bond acceptors (Lipinski definition) is 7. The fourth-order valence-corrected chi connectivity index (χ4v) is 3.53. The van der Waals surface area contributed by atoms with Crippen LogP contribution in [0.1, 0.15) is 18.4 Å². The second-order valence-corrected chi connectivity index (χ2v) is 7.68. The van der Waals surface area contributed by atoms with Crippen molar-refractivity contribution in [2.75, 3.05) is 18.9 Å². The van der Waals surface area contributed by atoms with E-state index in [0.29, 0.717) is 12.8 Å². The van der Waals surface area contributed by atoms with Crippen LogP contribution in [0.3, 0.4) is 0 Å². The van der Waals surface area contributed by atoms with E-state index >= 15 is 0 Å². The first-order valence-electron chi connectivity index (χ1n) is 9.93. The topological polar surface area (TPSA) is 162 Å². The van der Waals surface area contributed by atoms with Crippen LogP contribution in [0.25, 0.3) is 0 Å². The van der Waals surface area contributed by atoms with Gasteiger partial charge in [0.15, 0.2) is 0 Å². The van der Waals surface area contributed by atoms with Crippen LogP contribution in [0.15, 0.2) is 30.3 Å². The average molecular weight is 453 g/mol. The average Bonchev–Trinajstić information content (AvgIpc) is 3.26. The number of nitrogens with two attached hydrogens (primary N) is 1. The number of carbonyl (C=O) groups excluding carboxylic acids is 3. The number of nitrogens with zero attached hydrogens (tertiary/aromatic N) is 1. The van der Waals surface area contributed by atoms with Gasteiger partial charge in [-0.15, -0.1) is 0 Å². The lowest BCUT2D eigenvalue weighted by atomic mass is 10.1. The van der Waals surface area contributed by atoms with E-state index < -0.39 is 54.5 Å².